The zero-order valence-corrected chi connectivity index (χ0v) is 37.3. The van der Waals surface area contributed by atoms with E-state index in [0.717, 1.165) is 28.3 Å². The molecule has 1 aromatic heterocycles. The second kappa shape index (κ2) is 16.5. The molecule has 68 heavy (non-hydrogen) atoms. The summed E-state index contributed by atoms with van der Waals surface area (Å²) in [5, 5.41) is 9.92. The van der Waals surface area contributed by atoms with E-state index in [4.69, 9.17) is 0 Å². The van der Waals surface area contributed by atoms with Crippen LogP contribution in [0.4, 0.5) is 17.1 Å². The van der Waals surface area contributed by atoms with E-state index in [1.807, 2.05) is 0 Å². The SMILES string of the molecule is c1ccc(-c2c(-c3ccccc3)c3cc(-c4ccc(N(c5cccc(-c6ccc7ccccc7c6)c5)c5ccc6c(c5)c5ccccc5n6-c5ccccc5)cc4)ccc3c3ccccc23)cc1. The van der Waals surface area contributed by atoms with E-state index in [0.29, 0.717) is 0 Å². The van der Waals surface area contributed by atoms with Gasteiger partial charge < -0.3 is 9.47 Å². The van der Waals surface area contributed by atoms with Gasteiger partial charge in [-0.1, -0.05) is 194 Å². The molecule has 0 amide bonds. The fourth-order valence-corrected chi connectivity index (χ4v) is 10.6. The third-order valence-electron chi connectivity index (χ3n) is 13.7. The minimum Gasteiger partial charge on any atom is -0.310 e. The van der Waals surface area contributed by atoms with Crippen LogP contribution in [-0.4, -0.2) is 4.57 Å². The number of aromatic nitrogens is 1. The Morgan fingerprint density at radius 3 is 1.51 bits per heavy atom. The first-order valence-electron chi connectivity index (χ1n) is 23.4. The summed E-state index contributed by atoms with van der Waals surface area (Å²) in [4.78, 5) is 2.41. The second-order valence-corrected chi connectivity index (χ2v) is 17.7. The van der Waals surface area contributed by atoms with Gasteiger partial charge >= 0.3 is 0 Å². The molecular formula is C66H44N2. The first kappa shape index (κ1) is 39.4. The summed E-state index contributed by atoms with van der Waals surface area (Å²) in [5.41, 5.74) is 16.4. The smallest absolute Gasteiger partial charge is 0.0542 e. The molecule has 0 aliphatic carbocycles. The average Bonchev–Trinajstić information content (AvgIpc) is 3.75. The molecule has 2 nitrogen and oxygen atoms in total. The molecule has 318 valence electrons. The molecule has 0 radical (unpaired) electrons. The minimum absolute atomic E-state index is 1.08. The van der Waals surface area contributed by atoms with E-state index in [1.165, 1.54) is 93.1 Å². The molecule has 13 aromatic rings. The largest absolute Gasteiger partial charge is 0.310 e. The van der Waals surface area contributed by atoms with Gasteiger partial charge in [-0.25, -0.2) is 0 Å². The van der Waals surface area contributed by atoms with E-state index >= 15 is 0 Å². The fourth-order valence-electron chi connectivity index (χ4n) is 10.6. The van der Waals surface area contributed by atoms with Crippen molar-refractivity contribution < 1.29 is 0 Å². The van der Waals surface area contributed by atoms with Crippen molar-refractivity contribution in [1.29, 1.82) is 0 Å². The van der Waals surface area contributed by atoms with E-state index in [2.05, 4.69) is 276 Å². The van der Waals surface area contributed by atoms with Crippen LogP contribution in [0.15, 0.2) is 267 Å². The van der Waals surface area contributed by atoms with Gasteiger partial charge in [0.15, 0.2) is 0 Å². The molecule has 1 heterocycles. The van der Waals surface area contributed by atoms with Gasteiger partial charge in [-0.15, -0.1) is 0 Å². The summed E-state index contributed by atoms with van der Waals surface area (Å²) in [6.07, 6.45) is 0. The number of benzene rings is 12. The maximum Gasteiger partial charge on any atom is 0.0542 e. The Kier molecular flexibility index (Phi) is 9.54. The van der Waals surface area contributed by atoms with Gasteiger partial charge in [0.05, 0.1) is 11.0 Å². The van der Waals surface area contributed by atoms with Gasteiger partial charge in [0.1, 0.15) is 0 Å². The Bertz CT molecular complexity index is 4000. The third-order valence-corrected chi connectivity index (χ3v) is 13.7. The quantitative estimate of drug-likeness (QED) is 0.138. The summed E-state index contributed by atoms with van der Waals surface area (Å²) in [6.45, 7) is 0. The van der Waals surface area contributed by atoms with Gasteiger partial charge in [-0.2, -0.15) is 0 Å². The lowest BCUT2D eigenvalue weighted by Crippen LogP contribution is -2.10. The molecule has 0 N–H and O–H groups in total. The first-order valence-corrected chi connectivity index (χ1v) is 23.4. The predicted octanol–water partition coefficient (Wildman–Crippen LogP) is 18.4. The lowest BCUT2D eigenvalue weighted by Gasteiger charge is -2.26. The van der Waals surface area contributed by atoms with Crippen LogP contribution >= 0.6 is 0 Å². The van der Waals surface area contributed by atoms with E-state index < -0.39 is 0 Å². The number of fused-ring (bicyclic) bond motifs is 7. The van der Waals surface area contributed by atoms with Gasteiger partial charge in [-0.3, -0.25) is 0 Å². The highest BCUT2D eigenvalue weighted by Gasteiger charge is 2.21. The Morgan fingerprint density at radius 1 is 0.235 bits per heavy atom. The van der Waals surface area contributed by atoms with Gasteiger partial charge in [0, 0.05) is 33.5 Å². The molecule has 0 saturated heterocycles. The first-order chi connectivity index (χ1) is 33.7. The average molecular weight is 865 g/mol. The lowest BCUT2D eigenvalue weighted by atomic mass is 9.84. The zero-order valence-electron chi connectivity index (χ0n) is 37.3. The molecule has 0 spiro atoms. The molecular weight excluding hydrogens is 821 g/mol. The highest BCUT2D eigenvalue weighted by molar-refractivity contribution is 6.22. The van der Waals surface area contributed by atoms with Crippen LogP contribution in [0.3, 0.4) is 0 Å². The number of rotatable bonds is 8. The van der Waals surface area contributed by atoms with Crippen LogP contribution < -0.4 is 4.90 Å². The maximum absolute atomic E-state index is 2.41. The molecule has 0 aliphatic rings. The van der Waals surface area contributed by atoms with Crippen molar-refractivity contribution in [3.05, 3.63) is 267 Å². The summed E-state index contributed by atoms with van der Waals surface area (Å²) >= 11 is 0. The summed E-state index contributed by atoms with van der Waals surface area (Å²) in [7, 11) is 0. The molecule has 0 fully saturated rings. The van der Waals surface area contributed by atoms with E-state index in [1.54, 1.807) is 0 Å². The van der Waals surface area contributed by atoms with Gasteiger partial charge in [0.2, 0.25) is 0 Å². The monoisotopic (exact) mass is 864 g/mol. The van der Waals surface area contributed by atoms with Crippen LogP contribution in [0.25, 0.3) is 104 Å². The lowest BCUT2D eigenvalue weighted by molar-refractivity contribution is 1.18. The Balaban J connectivity index is 0.978. The van der Waals surface area contributed by atoms with Crippen molar-refractivity contribution in [3.63, 3.8) is 0 Å². The summed E-state index contributed by atoms with van der Waals surface area (Å²) in [5.74, 6) is 0. The third kappa shape index (κ3) is 6.73. The fraction of sp³-hybridized carbons (Fsp3) is 0. The number of nitrogens with zero attached hydrogens (tertiary/aromatic N) is 2. The molecule has 0 saturated carbocycles. The normalized spacial score (nSPS) is 11.5. The van der Waals surface area contributed by atoms with Crippen LogP contribution in [0, 0.1) is 0 Å². The number of para-hydroxylation sites is 2. The second-order valence-electron chi connectivity index (χ2n) is 17.7. The van der Waals surface area contributed by atoms with Gasteiger partial charge in [-0.05, 0) is 150 Å². The highest BCUT2D eigenvalue weighted by atomic mass is 15.1. The predicted molar refractivity (Wildman–Crippen MR) is 290 cm³/mol. The Hall–Kier alpha value is -8.98. The van der Waals surface area contributed by atoms with Crippen LogP contribution in [0.1, 0.15) is 0 Å². The van der Waals surface area contributed by atoms with Crippen LogP contribution in [0.5, 0.6) is 0 Å². The number of anilines is 3. The summed E-state index contributed by atoms with van der Waals surface area (Å²) in [6, 6.07) is 97.5. The Morgan fingerprint density at radius 2 is 0.750 bits per heavy atom. The van der Waals surface area contributed by atoms with Crippen molar-refractivity contribution in [3.8, 4) is 50.2 Å². The minimum atomic E-state index is 1.08. The topological polar surface area (TPSA) is 8.17 Å². The molecule has 13 rings (SSSR count). The molecule has 0 bridgehead atoms. The van der Waals surface area contributed by atoms with Crippen molar-refractivity contribution in [2.45, 2.75) is 0 Å². The number of hydrogen-bond donors (Lipinski definition) is 0. The maximum atomic E-state index is 2.41. The van der Waals surface area contributed by atoms with E-state index in [9.17, 15) is 0 Å². The van der Waals surface area contributed by atoms with Crippen LogP contribution in [0.2, 0.25) is 0 Å². The van der Waals surface area contributed by atoms with Crippen molar-refractivity contribution in [2.75, 3.05) is 4.90 Å². The molecule has 0 unspecified atom stereocenters. The molecule has 0 atom stereocenters. The van der Waals surface area contributed by atoms with Crippen molar-refractivity contribution >= 4 is 71.2 Å². The molecule has 12 aromatic carbocycles. The molecule has 2 heteroatoms. The molecule has 0 aliphatic heterocycles. The standard InChI is InChI=1S/C66H44N2/c1-4-18-47(19-5-1)65-60-29-13-12-27-57(60)58-39-35-52(43-62(58)66(65)48-20-6-2-7-21-48)46-33-36-54(37-34-46)67(55-26-16-23-50(42-55)51-32-31-45-17-10-11-22-49(45)41-51)56-38-40-64-61(44-56)59-28-14-15-30-63(59)68(64)53-24-8-3-9-25-53/h1-44H. The van der Waals surface area contributed by atoms with Crippen molar-refractivity contribution in [2.24, 2.45) is 0 Å². The Labute approximate surface area is 395 Å². The summed E-state index contributed by atoms with van der Waals surface area (Å²) < 4.78 is 2.38. The van der Waals surface area contributed by atoms with E-state index in [-0.39, 0.29) is 0 Å². The van der Waals surface area contributed by atoms with Crippen LogP contribution in [-0.2, 0) is 0 Å². The van der Waals surface area contributed by atoms with Gasteiger partial charge in [0.25, 0.3) is 0 Å². The number of hydrogen-bond acceptors (Lipinski definition) is 1. The highest BCUT2D eigenvalue weighted by Crippen LogP contribution is 2.46. The zero-order chi connectivity index (χ0) is 45.0. The van der Waals surface area contributed by atoms with Crippen molar-refractivity contribution in [1.82, 2.24) is 4.57 Å².